The lowest BCUT2D eigenvalue weighted by Gasteiger charge is -2.14. The van der Waals surface area contributed by atoms with E-state index in [0.29, 0.717) is 23.9 Å². The van der Waals surface area contributed by atoms with E-state index >= 15 is 0 Å². The second-order valence-corrected chi connectivity index (χ2v) is 6.71. The molecule has 1 fully saturated rings. The highest BCUT2D eigenvalue weighted by molar-refractivity contribution is 5.77. The fourth-order valence-corrected chi connectivity index (χ4v) is 2.99. The summed E-state index contributed by atoms with van der Waals surface area (Å²) in [6, 6.07) is 6.86. The molecule has 1 heterocycles. The van der Waals surface area contributed by atoms with Crippen LogP contribution in [0.1, 0.15) is 57.5 Å². The highest BCUT2D eigenvalue weighted by Gasteiger charge is 2.49. The second kappa shape index (κ2) is 4.07. The highest BCUT2D eigenvalue weighted by Crippen LogP contribution is 2.58. The predicted molar refractivity (Wildman–Crippen MR) is 79.1 cm³/mol. The Bertz CT molecular complexity index is 622. The molecule has 0 aliphatic heterocycles. The first-order chi connectivity index (χ1) is 8.94. The van der Waals surface area contributed by atoms with Gasteiger partial charge in [0, 0.05) is 18.5 Å². The number of nitrogens with two attached hydrogens (primary N) is 1. The van der Waals surface area contributed by atoms with Gasteiger partial charge in [-0.25, -0.2) is 4.98 Å². The van der Waals surface area contributed by atoms with Gasteiger partial charge in [-0.2, -0.15) is 0 Å². The summed E-state index contributed by atoms with van der Waals surface area (Å²) in [5.74, 6) is 1.85. The van der Waals surface area contributed by atoms with E-state index in [1.165, 1.54) is 17.8 Å². The molecule has 2 aromatic rings. The van der Waals surface area contributed by atoms with Gasteiger partial charge in [-0.1, -0.05) is 19.9 Å². The van der Waals surface area contributed by atoms with Crippen molar-refractivity contribution < 1.29 is 0 Å². The Morgan fingerprint density at radius 2 is 2.11 bits per heavy atom. The molecule has 19 heavy (non-hydrogen) atoms. The molecular formula is C16H23N3. The van der Waals surface area contributed by atoms with Crippen molar-refractivity contribution in [2.75, 3.05) is 0 Å². The molecule has 0 amide bonds. The Morgan fingerprint density at radius 3 is 2.63 bits per heavy atom. The van der Waals surface area contributed by atoms with Crippen molar-refractivity contribution in [3.63, 3.8) is 0 Å². The molecule has 1 unspecified atom stereocenters. The Morgan fingerprint density at radius 1 is 1.42 bits per heavy atom. The minimum absolute atomic E-state index is 0.407. The zero-order valence-electron chi connectivity index (χ0n) is 12.3. The molecule has 3 rings (SSSR count). The first kappa shape index (κ1) is 12.7. The van der Waals surface area contributed by atoms with Crippen molar-refractivity contribution in [3.8, 4) is 0 Å². The molecule has 0 spiro atoms. The molecular weight excluding hydrogens is 234 g/mol. The molecule has 1 aliphatic rings. The van der Waals surface area contributed by atoms with Crippen LogP contribution < -0.4 is 5.73 Å². The number of rotatable bonds is 3. The van der Waals surface area contributed by atoms with E-state index in [1.54, 1.807) is 0 Å². The third kappa shape index (κ3) is 1.96. The average molecular weight is 257 g/mol. The van der Waals surface area contributed by atoms with E-state index in [0.717, 1.165) is 11.1 Å². The van der Waals surface area contributed by atoms with Crippen LogP contribution in [-0.4, -0.2) is 9.55 Å². The summed E-state index contributed by atoms with van der Waals surface area (Å²) in [6.07, 6.45) is 1.24. The monoisotopic (exact) mass is 257 g/mol. The van der Waals surface area contributed by atoms with Crippen LogP contribution in [0, 0.1) is 5.41 Å². The third-order valence-electron chi connectivity index (χ3n) is 4.36. The van der Waals surface area contributed by atoms with Crippen LogP contribution in [0.25, 0.3) is 11.0 Å². The molecule has 0 saturated heterocycles. The van der Waals surface area contributed by atoms with Crippen molar-refractivity contribution in [2.45, 2.75) is 52.6 Å². The molecule has 3 heteroatoms. The summed E-state index contributed by atoms with van der Waals surface area (Å²) in [5, 5.41) is 0. The van der Waals surface area contributed by atoms with Gasteiger partial charge in [-0.05, 0) is 43.4 Å². The third-order valence-corrected chi connectivity index (χ3v) is 4.36. The van der Waals surface area contributed by atoms with Crippen molar-refractivity contribution in [2.24, 2.45) is 11.1 Å². The van der Waals surface area contributed by atoms with E-state index in [9.17, 15) is 0 Å². The maximum absolute atomic E-state index is 5.73. The molecule has 1 aromatic carbocycles. The van der Waals surface area contributed by atoms with Crippen LogP contribution in [0.3, 0.4) is 0 Å². The number of nitrogens with zero attached hydrogens (tertiary/aromatic N) is 2. The van der Waals surface area contributed by atoms with Crippen LogP contribution in [0.4, 0.5) is 0 Å². The minimum atomic E-state index is 0.407. The molecule has 3 nitrogen and oxygen atoms in total. The van der Waals surface area contributed by atoms with Crippen molar-refractivity contribution in [3.05, 3.63) is 29.6 Å². The van der Waals surface area contributed by atoms with Crippen LogP contribution >= 0.6 is 0 Å². The Kier molecular flexibility index (Phi) is 2.72. The van der Waals surface area contributed by atoms with Crippen LogP contribution in [0.2, 0.25) is 0 Å². The van der Waals surface area contributed by atoms with E-state index in [1.807, 2.05) is 0 Å². The van der Waals surface area contributed by atoms with Gasteiger partial charge in [-0.3, -0.25) is 0 Å². The molecule has 1 saturated carbocycles. The topological polar surface area (TPSA) is 43.8 Å². The number of hydrogen-bond donors (Lipinski definition) is 1. The lowest BCUT2D eigenvalue weighted by molar-refractivity contribution is 0.547. The maximum atomic E-state index is 5.73. The Balaban J connectivity index is 2.18. The zero-order chi connectivity index (χ0) is 13.8. The molecule has 1 atom stereocenters. The summed E-state index contributed by atoms with van der Waals surface area (Å²) >= 11 is 0. The smallest absolute Gasteiger partial charge is 0.113 e. The first-order valence-electron chi connectivity index (χ1n) is 7.15. The lowest BCUT2D eigenvalue weighted by atomic mass is 10.1. The van der Waals surface area contributed by atoms with Gasteiger partial charge in [0.15, 0.2) is 0 Å². The molecule has 0 radical (unpaired) electrons. The van der Waals surface area contributed by atoms with Gasteiger partial charge >= 0.3 is 0 Å². The fraction of sp³-hybridized carbons (Fsp3) is 0.562. The van der Waals surface area contributed by atoms with Gasteiger partial charge in [0.1, 0.15) is 5.82 Å². The largest absolute Gasteiger partial charge is 0.326 e. The number of imidazole rings is 1. The number of fused-ring (bicyclic) bond motifs is 1. The fourth-order valence-electron chi connectivity index (χ4n) is 2.99. The summed E-state index contributed by atoms with van der Waals surface area (Å²) < 4.78 is 2.40. The standard InChI is InChI=1S/C16H23N3/c1-10(2)19-14-6-5-11(9-17)7-13(14)18-15(19)12-8-16(12,3)4/h5-7,10,12H,8-9,17H2,1-4H3. The molecule has 1 aromatic heterocycles. The second-order valence-electron chi connectivity index (χ2n) is 6.71. The van der Waals surface area contributed by atoms with E-state index < -0.39 is 0 Å². The van der Waals surface area contributed by atoms with Crippen molar-refractivity contribution >= 4 is 11.0 Å². The van der Waals surface area contributed by atoms with Crippen molar-refractivity contribution in [1.82, 2.24) is 9.55 Å². The normalized spacial score (nSPS) is 21.3. The van der Waals surface area contributed by atoms with Crippen molar-refractivity contribution in [1.29, 1.82) is 0 Å². The van der Waals surface area contributed by atoms with Gasteiger partial charge < -0.3 is 10.3 Å². The molecule has 1 aliphatic carbocycles. The first-order valence-corrected chi connectivity index (χ1v) is 7.15. The summed E-state index contributed by atoms with van der Waals surface area (Å²) in [4.78, 5) is 4.91. The van der Waals surface area contributed by atoms with Gasteiger partial charge in [0.2, 0.25) is 0 Å². The SMILES string of the molecule is CC(C)n1c(C2CC2(C)C)nc2cc(CN)ccc21. The average Bonchev–Trinajstić information content (AvgIpc) is 2.84. The Labute approximate surface area is 114 Å². The lowest BCUT2D eigenvalue weighted by Crippen LogP contribution is -2.07. The minimum Gasteiger partial charge on any atom is -0.326 e. The number of hydrogen-bond acceptors (Lipinski definition) is 2. The summed E-state index contributed by atoms with van der Waals surface area (Å²) in [5.41, 5.74) is 9.62. The van der Waals surface area contributed by atoms with Crippen LogP contribution in [0.5, 0.6) is 0 Å². The quantitative estimate of drug-likeness (QED) is 0.913. The van der Waals surface area contributed by atoms with Crippen LogP contribution in [-0.2, 0) is 6.54 Å². The molecule has 0 bridgehead atoms. The van der Waals surface area contributed by atoms with E-state index in [-0.39, 0.29) is 0 Å². The van der Waals surface area contributed by atoms with Gasteiger partial charge in [0.25, 0.3) is 0 Å². The molecule has 2 N–H and O–H groups in total. The highest BCUT2D eigenvalue weighted by atomic mass is 15.1. The van der Waals surface area contributed by atoms with E-state index in [2.05, 4.69) is 50.5 Å². The number of benzene rings is 1. The van der Waals surface area contributed by atoms with Gasteiger partial charge in [-0.15, -0.1) is 0 Å². The van der Waals surface area contributed by atoms with Gasteiger partial charge in [0.05, 0.1) is 11.0 Å². The van der Waals surface area contributed by atoms with E-state index in [4.69, 9.17) is 10.7 Å². The summed E-state index contributed by atoms with van der Waals surface area (Å²) in [7, 11) is 0. The molecule has 102 valence electrons. The zero-order valence-corrected chi connectivity index (χ0v) is 12.3. The maximum Gasteiger partial charge on any atom is 0.113 e. The number of aromatic nitrogens is 2. The van der Waals surface area contributed by atoms with Crippen LogP contribution in [0.15, 0.2) is 18.2 Å². The summed E-state index contributed by atoms with van der Waals surface area (Å²) in [6.45, 7) is 9.70. The Hall–Kier alpha value is -1.35. The predicted octanol–water partition coefficient (Wildman–Crippen LogP) is 3.59.